The quantitative estimate of drug-likeness (QED) is 0.588. The molecule has 0 aliphatic rings. The fraction of sp³-hybridized carbons (Fsp3) is 0.316. The lowest BCUT2D eigenvalue weighted by molar-refractivity contribution is 0.103. The fourth-order valence-electron chi connectivity index (χ4n) is 2.57. The van der Waals surface area contributed by atoms with Crippen LogP contribution in [-0.4, -0.2) is 11.4 Å². The number of carbonyl (C=O) groups excluding carboxylic acids is 1. The molecule has 0 saturated carbocycles. The number of rotatable bonds is 5. The molecule has 0 N–H and O–H groups in total. The summed E-state index contributed by atoms with van der Waals surface area (Å²) in [5.74, 6) is -0.0298. The zero-order chi connectivity index (χ0) is 16.3. The minimum atomic E-state index is -1.57. The van der Waals surface area contributed by atoms with Crippen LogP contribution in [0.25, 0.3) is 0 Å². The largest absolute Gasteiger partial charge is 0.289 e. The molecule has 2 aromatic rings. The highest BCUT2D eigenvalue weighted by atomic mass is 31.1. The molecule has 0 heterocycles. The van der Waals surface area contributed by atoms with Gasteiger partial charge in [-0.2, -0.15) is 0 Å². The van der Waals surface area contributed by atoms with E-state index in [1.54, 1.807) is 6.07 Å². The predicted octanol–water partition coefficient (Wildman–Crippen LogP) is 4.79. The fourth-order valence-corrected chi connectivity index (χ4v) is 4.02. The molecule has 0 bridgehead atoms. The zero-order valence-electron chi connectivity index (χ0n) is 13.6. The van der Waals surface area contributed by atoms with E-state index in [1.165, 1.54) is 0 Å². The van der Waals surface area contributed by atoms with E-state index in [9.17, 15) is 9.36 Å². The molecule has 3 heteroatoms. The first-order valence-electron chi connectivity index (χ1n) is 7.63. The summed E-state index contributed by atoms with van der Waals surface area (Å²) in [5, 5.41) is 0.680. The summed E-state index contributed by atoms with van der Waals surface area (Å²) in [5.41, 5.74) is 3.28. The van der Waals surface area contributed by atoms with Gasteiger partial charge >= 0.3 is 0 Å². The van der Waals surface area contributed by atoms with Crippen molar-refractivity contribution in [1.29, 1.82) is 0 Å². The SMILES string of the molecule is CCC(C)[P](=O)c1ccccc1C(=O)c1c(C)cccc1C. The summed E-state index contributed by atoms with van der Waals surface area (Å²) in [6.45, 7) is 7.88. The second-order valence-electron chi connectivity index (χ2n) is 5.70. The monoisotopic (exact) mass is 313 g/mol. The second kappa shape index (κ2) is 6.98. The zero-order valence-corrected chi connectivity index (χ0v) is 14.5. The van der Waals surface area contributed by atoms with E-state index in [1.807, 2.05) is 64.1 Å². The number of ketones is 1. The predicted molar refractivity (Wildman–Crippen MR) is 92.8 cm³/mol. The first-order valence-corrected chi connectivity index (χ1v) is 8.96. The molecule has 0 aromatic heterocycles. The summed E-state index contributed by atoms with van der Waals surface area (Å²) in [7, 11) is -1.57. The van der Waals surface area contributed by atoms with Gasteiger partial charge in [0.1, 0.15) is 7.80 Å². The molecule has 0 spiro atoms. The lowest BCUT2D eigenvalue weighted by Crippen LogP contribution is -2.17. The van der Waals surface area contributed by atoms with Crippen LogP contribution in [-0.2, 0) is 4.57 Å². The Hall–Kier alpha value is -1.79. The van der Waals surface area contributed by atoms with Crippen LogP contribution in [0.4, 0.5) is 0 Å². The van der Waals surface area contributed by atoms with Crippen LogP contribution in [0.5, 0.6) is 0 Å². The Morgan fingerprint density at radius 3 is 2.23 bits per heavy atom. The molecule has 2 aromatic carbocycles. The van der Waals surface area contributed by atoms with Crippen molar-refractivity contribution in [2.75, 3.05) is 0 Å². The third-order valence-corrected chi connectivity index (χ3v) is 6.12. The molecule has 1 radical (unpaired) electrons. The molecule has 0 fully saturated rings. The van der Waals surface area contributed by atoms with Crippen molar-refractivity contribution < 1.29 is 9.36 Å². The number of hydrogen-bond donors (Lipinski definition) is 0. The Balaban J connectivity index is 2.54. The Morgan fingerprint density at radius 2 is 1.64 bits per heavy atom. The maximum atomic E-state index is 13.0. The van der Waals surface area contributed by atoms with Crippen LogP contribution < -0.4 is 5.30 Å². The van der Waals surface area contributed by atoms with Crippen molar-refractivity contribution >= 4 is 18.9 Å². The van der Waals surface area contributed by atoms with E-state index in [2.05, 4.69) is 0 Å². The lowest BCUT2D eigenvalue weighted by Gasteiger charge is -2.14. The molecule has 0 aliphatic carbocycles. The molecule has 2 rings (SSSR count). The van der Waals surface area contributed by atoms with E-state index in [-0.39, 0.29) is 11.4 Å². The van der Waals surface area contributed by atoms with Crippen LogP contribution in [0.1, 0.15) is 47.3 Å². The van der Waals surface area contributed by atoms with Crippen molar-refractivity contribution in [3.05, 3.63) is 64.7 Å². The summed E-state index contributed by atoms with van der Waals surface area (Å²) in [4.78, 5) is 13.0. The molecule has 0 aliphatic heterocycles. The highest BCUT2D eigenvalue weighted by Gasteiger charge is 2.22. The van der Waals surface area contributed by atoms with Gasteiger partial charge in [0, 0.05) is 22.1 Å². The number of hydrogen-bond acceptors (Lipinski definition) is 2. The minimum Gasteiger partial charge on any atom is -0.289 e. The van der Waals surface area contributed by atoms with Gasteiger partial charge in [-0.1, -0.05) is 44.2 Å². The molecule has 2 atom stereocenters. The standard InChI is InChI=1S/C19H22O2P/c1-5-15(4)22(21)17-12-7-6-11-16(17)19(20)18-13(2)9-8-10-14(18)3/h6-12,15H,5H2,1-4H3. The maximum Gasteiger partial charge on any atom is 0.194 e. The first kappa shape index (κ1) is 16.6. The molecule has 115 valence electrons. The molecule has 0 saturated heterocycles. The van der Waals surface area contributed by atoms with E-state index in [0.29, 0.717) is 10.9 Å². The highest BCUT2D eigenvalue weighted by Crippen LogP contribution is 2.31. The molecular weight excluding hydrogens is 291 g/mol. The highest BCUT2D eigenvalue weighted by molar-refractivity contribution is 7.54. The Kier molecular flexibility index (Phi) is 5.26. The van der Waals surface area contributed by atoms with Crippen LogP contribution >= 0.6 is 7.80 Å². The van der Waals surface area contributed by atoms with Gasteiger partial charge < -0.3 is 0 Å². The van der Waals surface area contributed by atoms with Crippen molar-refractivity contribution in [2.45, 2.75) is 39.8 Å². The topological polar surface area (TPSA) is 34.1 Å². The van der Waals surface area contributed by atoms with E-state index >= 15 is 0 Å². The maximum absolute atomic E-state index is 13.0. The van der Waals surface area contributed by atoms with Gasteiger partial charge in [-0.05, 0) is 43.5 Å². The summed E-state index contributed by atoms with van der Waals surface area (Å²) < 4.78 is 12.7. The normalized spacial score (nSPS) is 12.8. The van der Waals surface area contributed by atoms with Gasteiger partial charge in [0.05, 0.1) is 0 Å². The average molecular weight is 313 g/mol. The van der Waals surface area contributed by atoms with Crippen LogP contribution in [0.3, 0.4) is 0 Å². The third-order valence-electron chi connectivity index (χ3n) is 4.09. The van der Waals surface area contributed by atoms with E-state index in [0.717, 1.165) is 23.1 Å². The van der Waals surface area contributed by atoms with Gasteiger partial charge in [-0.3, -0.25) is 9.36 Å². The lowest BCUT2D eigenvalue weighted by atomic mass is 9.95. The van der Waals surface area contributed by atoms with Gasteiger partial charge in [0.15, 0.2) is 5.78 Å². The molecule has 0 amide bonds. The molecule has 2 unspecified atom stereocenters. The second-order valence-corrected chi connectivity index (χ2v) is 7.71. The first-order chi connectivity index (χ1) is 10.5. The van der Waals surface area contributed by atoms with Crippen LogP contribution in [0.2, 0.25) is 0 Å². The molecule has 2 nitrogen and oxygen atoms in total. The Labute approximate surface area is 133 Å². The van der Waals surface area contributed by atoms with Gasteiger partial charge in [0.2, 0.25) is 0 Å². The van der Waals surface area contributed by atoms with Crippen LogP contribution in [0.15, 0.2) is 42.5 Å². The number of aryl methyl sites for hydroxylation is 2. The van der Waals surface area contributed by atoms with Crippen molar-refractivity contribution in [1.82, 2.24) is 0 Å². The summed E-state index contributed by atoms with van der Waals surface area (Å²) in [6.07, 6.45) is 0.834. The third kappa shape index (κ3) is 3.18. The van der Waals surface area contributed by atoms with Gasteiger partial charge in [-0.15, -0.1) is 0 Å². The average Bonchev–Trinajstić information content (AvgIpc) is 2.53. The van der Waals surface area contributed by atoms with Crippen molar-refractivity contribution in [2.24, 2.45) is 0 Å². The number of carbonyl (C=O) groups is 1. The van der Waals surface area contributed by atoms with Gasteiger partial charge in [-0.25, -0.2) is 0 Å². The Morgan fingerprint density at radius 1 is 1.05 bits per heavy atom. The Bertz CT molecular complexity index is 699. The van der Waals surface area contributed by atoms with E-state index in [4.69, 9.17) is 0 Å². The smallest absolute Gasteiger partial charge is 0.194 e. The minimum absolute atomic E-state index is 0.0298. The van der Waals surface area contributed by atoms with Gasteiger partial charge in [0.25, 0.3) is 0 Å². The molecular formula is C19H22O2P. The molecule has 22 heavy (non-hydrogen) atoms. The van der Waals surface area contributed by atoms with E-state index < -0.39 is 7.80 Å². The summed E-state index contributed by atoms with van der Waals surface area (Å²) in [6, 6.07) is 13.1. The summed E-state index contributed by atoms with van der Waals surface area (Å²) >= 11 is 0. The van der Waals surface area contributed by atoms with Crippen molar-refractivity contribution in [3.8, 4) is 0 Å². The number of benzene rings is 2. The van der Waals surface area contributed by atoms with Crippen LogP contribution in [0, 0.1) is 13.8 Å². The van der Waals surface area contributed by atoms with Crippen molar-refractivity contribution in [3.63, 3.8) is 0 Å².